The van der Waals surface area contributed by atoms with E-state index in [1.807, 2.05) is 37.5 Å². The summed E-state index contributed by atoms with van der Waals surface area (Å²) in [6.07, 6.45) is 3.21. The lowest BCUT2D eigenvalue weighted by Crippen LogP contribution is -2.49. The zero-order valence-electron chi connectivity index (χ0n) is 15.8. The number of likely N-dealkylation sites (N-methyl/N-ethyl adjacent to an activating group) is 1. The molecule has 1 aromatic carbocycles. The van der Waals surface area contributed by atoms with Crippen LogP contribution in [0.1, 0.15) is 12.8 Å². The summed E-state index contributed by atoms with van der Waals surface area (Å²) >= 11 is 6.18. The minimum Gasteiger partial charge on any atom is -0.465 e. The zero-order chi connectivity index (χ0) is 20.1. The molecule has 1 fully saturated rings. The number of carboxylic acid groups (broad SMARTS) is 1. The average molecular weight is 405 g/mol. The van der Waals surface area contributed by atoms with Crippen LogP contribution in [0.5, 0.6) is 0 Å². The normalized spacial score (nSPS) is 16.1. The third kappa shape index (κ3) is 4.54. The molecule has 1 unspecified atom stereocenters. The first-order valence-corrected chi connectivity index (χ1v) is 9.79. The Kier molecular flexibility index (Phi) is 6.70. The molecule has 7 nitrogen and oxygen atoms in total. The monoisotopic (exact) mass is 404 g/mol. The Morgan fingerprint density at radius 2 is 2.18 bits per heavy atom. The zero-order valence-corrected chi connectivity index (χ0v) is 16.6. The topological polar surface area (TPSA) is 85.8 Å². The fraction of sp³-hybridized carbons (Fsp3) is 0.450. The highest BCUT2D eigenvalue weighted by Gasteiger charge is 2.29. The number of aromatic nitrogens is 1. The van der Waals surface area contributed by atoms with Gasteiger partial charge in [0.1, 0.15) is 12.1 Å². The van der Waals surface area contributed by atoms with Crippen LogP contribution in [0.2, 0.25) is 5.02 Å². The molecule has 0 radical (unpaired) electrons. The number of carbonyl (C=O) groups is 2. The van der Waals surface area contributed by atoms with Gasteiger partial charge in [-0.1, -0.05) is 17.7 Å². The predicted molar refractivity (Wildman–Crippen MR) is 110 cm³/mol. The van der Waals surface area contributed by atoms with E-state index < -0.39 is 6.09 Å². The Morgan fingerprint density at radius 1 is 1.43 bits per heavy atom. The maximum Gasteiger partial charge on any atom is 0.407 e. The average Bonchev–Trinajstić information content (AvgIpc) is 2.70. The number of benzene rings is 1. The van der Waals surface area contributed by atoms with Gasteiger partial charge in [0.2, 0.25) is 0 Å². The van der Waals surface area contributed by atoms with E-state index in [0.717, 1.165) is 47.4 Å². The molecule has 8 heteroatoms. The number of carbonyl (C=O) groups excluding carboxylic acids is 1. The Hall–Kier alpha value is -2.38. The van der Waals surface area contributed by atoms with Crippen LogP contribution in [0.15, 0.2) is 30.5 Å². The Labute approximate surface area is 169 Å². The number of pyridine rings is 1. The summed E-state index contributed by atoms with van der Waals surface area (Å²) in [5.41, 5.74) is 0. The fourth-order valence-corrected chi connectivity index (χ4v) is 4.10. The molecular formula is C20H25ClN4O3. The van der Waals surface area contributed by atoms with Gasteiger partial charge >= 0.3 is 6.09 Å². The van der Waals surface area contributed by atoms with Crippen molar-refractivity contribution in [2.75, 3.05) is 38.1 Å². The van der Waals surface area contributed by atoms with Gasteiger partial charge in [-0.05, 0) is 49.4 Å². The number of nitrogens with zero attached hydrogens (tertiary/aromatic N) is 3. The molecule has 2 aromatic rings. The summed E-state index contributed by atoms with van der Waals surface area (Å²) < 4.78 is 0. The van der Waals surface area contributed by atoms with Crippen LogP contribution in [0.3, 0.4) is 0 Å². The van der Waals surface area contributed by atoms with E-state index in [1.54, 1.807) is 0 Å². The quantitative estimate of drug-likeness (QED) is 0.690. The predicted octanol–water partition coefficient (Wildman–Crippen LogP) is 2.87. The van der Waals surface area contributed by atoms with E-state index in [1.165, 1.54) is 0 Å². The van der Waals surface area contributed by atoms with Crippen LogP contribution in [0, 0.1) is 5.92 Å². The highest BCUT2D eigenvalue weighted by Crippen LogP contribution is 2.31. The first kappa shape index (κ1) is 20.4. The van der Waals surface area contributed by atoms with Crippen molar-refractivity contribution in [3.8, 4) is 0 Å². The molecule has 150 valence electrons. The number of fused-ring (bicyclic) bond motifs is 1. The molecule has 0 spiro atoms. The number of nitrogens with one attached hydrogen (secondary N) is 1. The van der Waals surface area contributed by atoms with Gasteiger partial charge < -0.3 is 20.1 Å². The van der Waals surface area contributed by atoms with Crippen molar-refractivity contribution in [1.29, 1.82) is 0 Å². The van der Waals surface area contributed by atoms with E-state index in [0.29, 0.717) is 23.8 Å². The lowest BCUT2D eigenvalue weighted by Gasteiger charge is -2.38. The largest absolute Gasteiger partial charge is 0.465 e. The first-order valence-electron chi connectivity index (χ1n) is 9.41. The first-order chi connectivity index (χ1) is 13.5. The number of halogens is 1. The smallest absolute Gasteiger partial charge is 0.407 e. The van der Waals surface area contributed by atoms with Crippen molar-refractivity contribution in [3.05, 3.63) is 35.5 Å². The molecule has 2 heterocycles. The third-order valence-corrected chi connectivity index (χ3v) is 5.70. The lowest BCUT2D eigenvalue weighted by molar-refractivity contribution is -0.108. The van der Waals surface area contributed by atoms with Crippen LogP contribution < -0.4 is 10.2 Å². The summed E-state index contributed by atoms with van der Waals surface area (Å²) in [4.78, 5) is 30.1. The summed E-state index contributed by atoms with van der Waals surface area (Å²) in [7, 11) is 1.84. The second kappa shape index (κ2) is 9.21. The lowest BCUT2D eigenvalue weighted by atomic mass is 9.89. The van der Waals surface area contributed by atoms with Crippen molar-refractivity contribution >= 4 is 40.6 Å². The van der Waals surface area contributed by atoms with Gasteiger partial charge in [-0.25, -0.2) is 9.78 Å². The van der Waals surface area contributed by atoms with Crippen LogP contribution in [-0.2, 0) is 4.79 Å². The number of hydrogen-bond donors (Lipinski definition) is 2. The SMILES string of the molecule is CNC(CN(CC=O)C(=O)O)C1CCN(c2nccc3ccc(Cl)cc23)CC1. The van der Waals surface area contributed by atoms with Crippen LogP contribution in [0.4, 0.5) is 10.6 Å². The van der Waals surface area contributed by atoms with Gasteiger partial charge in [0, 0.05) is 42.3 Å². The minimum atomic E-state index is -1.07. The van der Waals surface area contributed by atoms with E-state index in [4.69, 9.17) is 11.6 Å². The Morgan fingerprint density at radius 3 is 2.82 bits per heavy atom. The number of hydrogen-bond acceptors (Lipinski definition) is 5. The van der Waals surface area contributed by atoms with Gasteiger partial charge in [0.15, 0.2) is 0 Å². The summed E-state index contributed by atoms with van der Waals surface area (Å²) in [6.45, 7) is 1.87. The molecule has 1 aromatic heterocycles. The Bertz CT molecular complexity index is 839. The molecular weight excluding hydrogens is 380 g/mol. The molecule has 1 aliphatic heterocycles. The van der Waals surface area contributed by atoms with Gasteiger partial charge in [-0.15, -0.1) is 0 Å². The van der Waals surface area contributed by atoms with Crippen LogP contribution in [0.25, 0.3) is 10.8 Å². The number of anilines is 1. The van der Waals surface area contributed by atoms with Crippen LogP contribution >= 0.6 is 11.6 Å². The molecule has 2 N–H and O–H groups in total. The van der Waals surface area contributed by atoms with Crippen molar-refractivity contribution in [3.63, 3.8) is 0 Å². The maximum atomic E-state index is 11.3. The number of rotatable bonds is 7. The summed E-state index contributed by atoms with van der Waals surface area (Å²) in [6, 6.07) is 7.82. The molecule has 1 aliphatic rings. The van der Waals surface area contributed by atoms with E-state index in [9.17, 15) is 14.7 Å². The molecule has 3 rings (SSSR count). The van der Waals surface area contributed by atoms with Gasteiger partial charge in [-0.3, -0.25) is 4.90 Å². The van der Waals surface area contributed by atoms with Crippen LogP contribution in [-0.4, -0.2) is 66.6 Å². The highest BCUT2D eigenvalue weighted by atomic mass is 35.5. The molecule has 0 aliphatic carbocycles. The Balaban J connectivity index is 1.69. The third-order valence-electron chi connectivity index (χ3n) is 5.47. The van der Waals surface area contributed by atoms with Gasteiger partial charge in [0.05, 0.1) is 6.54 Å². The van der Waals surface area contributed by atoms with E-state index >= 15 is 0 Å². The molecule has 1 saturated heterocycles. The molecule has 1 amide bonds. The molecule has 0 saturated carbocycles. The second-order valence-corrected chi connectivity index (χ2v) is 7.51. The molecule has 1 atom stereocenters. The van der Waals surface area contributed by atoms with E-state index in [-0.39, 0.29) is 12.6 Å². The highest BCUT2D eigenvalue weighted by molar-refractivity contribution is 6.31. The van der Waals surface area contributed by atoms with Crippen molar-refractivity contribution < 1.29 is 14.7 Å². The second-order valence-electron chi connectivity index (χ2n) is 7.07. The fourth-order valence-electron chi connectivity index (χ4n) is 3.93. The standard InChI is InChI=1S/C20H25ClN4O3/c1-22-18(13-25(10-11-26)20(27)28)15-5-8-24(9-6-15)19-17-12-16(21)3-2-14(17)4-7-23-19/h2-4,7,11-12,15,18,22H,5-6,8-10,13H2,1H3,(H,27,28). The maximum absolute atomic E-state index is 11.3. The number of piperidine rings is 1. The summed E-state index contributed by atoms with van der Waals surface area (Å²) in [5, 5.41) is 15.3. The molecule has 0 bridgehead atoms. The number of amides is 1. The number of aldehydes is 1. The van der Waals surface area contributed by atoms with Gasteiger partial charge in [0.25, 0.3) is 0 Å². The minimum absolute atomic E-state index is 0.00752. The van der Waals surface area contributed by atoms with E-state index in [2.05, 4.69) is 15.2 Å². The molecule has 28 heavy (non-hydrogen) atoms. The van der Waals surface area contributed by atoms with Crippen molar-refractivity contribution in [1.82, 2.24) is 15.2 Å². The van der Waals surface area contributed by atoms with Gasteiger partial charge in [-0.2, -0.15) is 0 Å². The van der Waals surface area contributed by atoms with Crippen molar-refractivity contribution in [2.24, 2.45) is 5.92 Å². The summed E-state index contributed by atoms with van der Waals surface area (Å²) in [5.74, 6) is 1.26. The van der Waals surface area contributed by atoms with Crippen molar-refractivity contribution in [2.45, 2.75) is 18.9 Å².